The topological polar surface area (TPSA) is 62.3 Å². The minimum Gasteiger partial charge on any atom is -0.497 e. The van der Waals surface area contributed by atoms with E-state index in [9.17, 15) is 0 Å². The van der Waals surface area contributed by atoms with E-state index in [1.54, 1.807) is 7.11 Å². The smallest absolute Gasteiger partial charge is 0.229 e. The van der Waals surface area contributed by atoms with Crippen molar-refractivity contribution in [1.82, 2.24) is 9.97 Å². The van der Waals surface area contributed by atoms with Crippen molar-refractivity contribution in [2.24, 2.45) is 0 Å². The van der Waals surface area contributed by atoms with Crippen LogP contribution >= 0.6 is 0 Å². The van der Waals surface area contributed by atoms with E-state index in [2.05, 4.69) is 15.5 Å². The molecule has 2 N–H and O–H groups in total. The molecule has 144 valence electrons. The highest BCUT2D eigenvalue weighted by molar-refractivity contribution is 5.65. The van der Waals surface area contributed by atoms with Crippen LogP contribution in [-0.4, -0.2) is 30.2 Å². The second kappa shape index (κ2) is 8.61. The average molecular weight is 375 g/mol. The van der Waals surface area contributed by atoms with Gasteiger partial charge >= 0.3 is 0 Å². The van der Waals surface area contributed by atoms with Gasteiger partial charge in [0.1, 0.15) is 17.4 Å². The van der Waals surface area contributed by atoms with Crippen LogP contribution in [0, 0.1) is 0 Å². The number of ether oxygens (including phenoxy) is 1. The average Bonchev–Trinajstić information content (AvgIpc) is 2.75. The molecule has 4 rings (SSSR count). The van der Waals surface area contributed by atoms with Crippen LogP contribution in [0.4, 0.5) is 29.0 Å². The van der Waals surface area contributed by atoms with Gasteiger partial charge in [-0.05, 0) is 55.7 Å². The van der Waals surface area contributed by atoms with E-state index in [0.29, 0.717) is 0 Å². The van der Waals surface area contributed by atoms with E-state index < -0.39 is 0 Å². The summed E-state index contributed by atoms with van der Waals surface area (Å²) in [6, 6.07) is 19.8. The summed E-state index contributed by atoms with van der Waals surface area (Å²) in [6.07, 6.45) is 3.64. The molecule has 2 aromatic carbocycles. The van der Waals surface area contributed by atoms with Gasteiger partial charge in [-0.2, -0.15) is 9.97 Å². The third-order valence-corrected chi connectivity index (χ3v) is 4.76. The Bertz CT molecular complexity index is 893. The van der Waals surface area contributed by atoms with Crippen LogP contribution in [0.25, 0.3) is 0 Å². The molecule has 28 heavy (non-hydrogen) atoms. The summed E-state index contributed by atoms with van der Waals surface area (Å²) in [7, 11) is 1.67. The Morgan fingerprint density at radius 3 is 2.00 bits per heavy atom. The van der Waals surface area contributed by atoms with Crippen LogP contribution in [-0.2, 0) is 0 Å². The van der Waals surface area contributed by atoms with E-state index in [1.807, 2.05) is 60.7 Å². The van der Waals surface area contributed by atoms with Crippen molar-refractivity contribution in [3.05, 3.63) is 60.7 Å². The summed E-state index contributed by atoms with van der Waals surface area (Å²) < 4.78 is 5.23. The summed E-state index contributed by atoms with van der Waals surface area (Å²) in [5.74, 6) is 3.13. The Morgan fingerprint density at radius 2 is 1.39 bits per heavy atom. The van der Waals surface area contributed by atoms with Crippen molar-refractivity contribution in [3.63, 3.8) is 0 Å². The first kappa shape index (κ1) is 18.1. The first-order chi connectivity index (χ1) is 13.8. The number of hydrogen-bond acceptors (Lipinski definition) is 6. The van der Waals surface area contributed by atoms with Crippen LogP contribution < -0.4 is 20.3 Å². The van der Waals surface area contributed by atoms with Gasteiger partial charge in [0.25, 0.3) is 0 Å². The van der Waals surface area contributed by atoms with Gasteiger partial charge in [0, 0.05) is 30.5 Å². The molecule has 1 saturated heterocycles. The Balaban J connectivity index is 1.62. The van der Waals surface area contributed by atoms with Gasteiger partial charge in [-0.15, -0.1) is 0 Å². The zero-order chi connectivity index (χ0) is 19.2. The molecule has 2 heterocycles. The predicted molar refractivity (Wildman–Crippen MR) is 114 cm³/mol. The minimum absolute atomic E-state index is 0.761. The Kier molecular flexibility index (Phi) is 5.56. The summed E-state index contributed by atoms with van der Waals surface area (Å²) >= 11 is 0. The second-order valence-corrected chi connectivity index (χ2v) is 6.83. The van der Waals surface area contributed by atoms with Gasteiger partial charge in [0.15, 0.2) is 0 Å². The Morgan fingerprint density at radius 1 is 0.786 bits per heavy atom. The molecular formula is C22H25N5O. The molecule has 0 radical (unpaired) electrons. The first-order valence-electron chi connectivity index (χ1n) is 9.67. The van der Waals surface area contributed by atoms with Gasteiger partial charge in [0.2, 0.25) is 5.95 Å². The lowest BCUT2D eigenvalue weighted by Crippen LogP contribution is -2.31. The van der Waals surface area contributed by atoms with Gasteiger partial charge in [-0.3, -0.25) is 0 Å². The molecule has 3 aromatic rings. The summed E-state index contributed by atoms with van der Waals surface area (Å²) in [4.78, 5) is 11.8. The van der Waals surface area contributed by atoms with Crippen LogP contribution in [0.15, 0.2) is 60.7 Å². The minimum atomic E-state index is 0.761. The highest BCUT2D eigenvalue weighted by Crippen LogP contribution is 2.25. The van der Waals surface area contributed by atoms with E-state index in [0.717, 1.165) is 47.8 Å². The molecule has 1 fully saturated rings. The molecule has 0 bridgehead atoms. The highest BCUT2D eigenvalue weighted by Gasteiger charge is 2.16. The molecule has 0 spiro atoms. The lowest BCUT2D eigenvalue weighted by Gasteiger charge is -2.27. The standard InChI is InChI=1S/C22H25N5O/c1-28-19-12-10-18(11-13-19)24-21-16-20(23-17-8-4-2-5-9-17)25-22(26-21)27-14-6-3-7-15-27/h2,4-5,8-13,16H,3,6-7,14-15H2,1H3,(H2,23,24,25,26). The Labute approximate surface area is 165 Å². The van der Waals surface area contributed by atoms with Gasteiger partial charge in [-0.25, -0.2) is 0 Å². The molecule has 6 nitrogen and oxygen atoms in total. The number of benzene rings is 2. The lowest BCUT2D eigenvalue weighted by atomic mass is 10.1. The van der Waals surface area contributed by atoms with Crippen molar-refractivity contribution in [2.45, 2.75) is 19.3 Å². The molecule has 6 heteroatoms. The van der Waals surface area contributed by atoms with E-state index in [-0.39, 0.29) is 0 Å². The largest absolute Gasteiger partial charge is 0.497 e. The number of rotatable bonds is 6. The van der Waals surface area contributed by atoms with E-state index >= 15 is 0 Å². The second-order valence-electron chi connectivity index (χ2n) is 6.83. The summed E-state index contributed by atoms with van der Waals surface area (Å²) in [6.45, 7) is 1.99. The molecule has 0 unspecified atom stereocenters. The number of para-hydroxylation sites is 1. The van der Waals surface area contributed by atoms with Crippen LogP contribution in [0.1, 0.15) is 19.3 Å². The van der Waals surface area contributed by atoms with Gasteiger partial charge in [-0.1, -0.05) is 18.2 Å². The maximum atomic E-state index is 5.23. The normalized spacial score (nSPS) is 13.8. The van der Waals surface area contributed by atoms with Crippen LogP contribution in [0.2, 0.25) is 0 Å². The third kappa shape index (κ3) is 4.52. The number of aromatic nitrogens is 2. The van der Waals surface area contributed by atoms with E-state index in [1.165, 1.54) is 19.3 Å². The zero-order valence-electron chi connectivity index (χ0n) is 16.1. The number of methoxy groups -OCH3 is 1. The van der Waals surface area contributed by atoms with Crippen molar-refractivity contribution < 1.29 is 4.74 Å². The van der Waals surface area contributed by atoms with Crippen molar-refractivity contribution >= 4 is 29.0 Å². The summed E-state index contributed by atoms with van der Waals surface area (Å²) in [5, 5.41) is 6.78. The zero-order valence-corrected chi connectivity index (χ0v) is 16.1. The maximum absolute atomic E-state index is 5.23. The number of piperidine rings is 1. The first-order valence-corrected chi connectivity index (χ1v) is 9.67. The van der Waals surface area contributed by atoms with Crippen LogP contribution in [0.3, 0.4) is 0 Å². The van der Waals surface area contributed by atoms with Crippen molar-refractivity contribution in [3.8, 4) is 5.75 Å². The van der Waals surface area contributed by atoms with Crippen LogP contribution in [0.5, 0.6) is 5.75 Å². The van der Waals surface area contributed by atoms with Gasteiger partial charge < -0.3 is 20.3 Å². The molecular weight excluding hydrogens is 350 g/mol. The fourth-order valence-corrected chi connectivity index (χ4v) is 3.29. The molecule has 0 saturated carbocycles. The predicted octanol–water partition coefficient (Wildman–Crippen LogP) is 4.96. The molecule has 1 aliphatic rings. The SMILES string of the molecule is COc1ccc(Nc2cc(Nc3ccccc3)nc(N3CCCCC3)n2)cc1. The maximum Gasteiger partial charge on any atom is 0.229 e. The number of hydrogen-bond donors (Lipinski definition) is 2. The summed E-state index contributed by atoms with van der Waals surface area (Å²) in [5.41, 5.74) is 1.95. The fourth-order valence-electron chi connectivity index (χ4n) is 3.29. The fraction of sp³-hybridized carbons (Fsp3) is 0.273. The monoisotopic (exact) mass is 375 g/mol. The molecule has 1 aromatic heterocycles. The molecule has 1 aliphatic heterocycles. The van der Waals surface area contributed by atoms with Crippen molar-refractivity contribution in [2.75, 3.05) is 35.7 Å². The van der Waals surface area contributed by atoms with Gasteiger partial charge in [0.05, 0.1) is 7.11 Å². The molecule has 0 aliphatic carbocycles. The highest BCUT2D eigenvalue weighted by atomic mass is 16.5. The number of anilines is 5. The number of nitrogens with zero attached hydrogens (tertiary/aromatic N) is 3. The molecule has 0 atom stereocenters. The molecule has 0 amide bonds. The number of nitrogens with one attached hydrogen (secondary N) is 2. The van der Waals surface area contributed by atoms with Crippen molar-refractivity contribution in [1.29, 1.82) is 0 Å². The van der Waals surface area contributed by atoms with E-state index in [4.69, 9.17) is 14.7 Å². The quantitative estimate of drug-likeness (QED) is 0.635. The lowest BCUT2D eigenvalue weighted by molar-refractivity contribution is 0.415. The third-order valence-electron chi connectivity index (χ3n) is 4.76. The Hall–Kier alpha value is -3.28.